The van der Waals surface area contributed by atoms with Crippen molar-refractivity contribution in [3.63, 3.8) is 0 Å². The second-order valence-corrected chi connectivity index (χ2v) is 5.84. The zero-order valence-electron chi connectivity index (χ0n) is 13.1. The number of benzene rings is 3. The highest BCUT2D eigenvalue weighted by atomic mass is 16.3. The van der Waals surface area contributed by atoms with Crippen LogP contribution < -0.4 is 0 Å². The highest BCUT2D eigenvalue weighted by Crippen LogP contribution is 2.30. The van der Waals surface area contributed by atoms with Crippen LogP contribution in [0.2, 0.25) is 0 Å². The molecule has 0 saturated carbocycles. The van der Waals surface area contributed by atoms with Crippen molar-refractivity contribution in [2.75, 3.05) is 0 Å². The Morgan fingerprint density at radius 1 is 0.833 bits per heavy atom. The molecule has 0 atom stereocenters. The molecule has 24 heavy (non-hydrogen) atoms. The van der Waals surface area contributed by atoms with Gasteiger partial charge in [0.2, 0.25) is 0 Å². The van der Waals surface area contributed by atoms with E-state index in [0.29, 0.717) is 17.9 Å². The normalized spacial score (nSPS) is 11.2. The van der Waals surface area contributed by atoms with Crippen LogP contribution in [-0.2, 0) is 6.42 Å². The zero-order chi connectivity index (χ0) is 16.4. The first-order chi connectivity index (χ1) is 11.8. The number of phenolic OH excluding ortho intramolecular Hbond substituents is 1. The van der Waals surface area contributed by atoms with E-state index in [0.717, 1.165) is 5.52 Å². The van der Waals surface area contributed by atoms with E-state index in [4.69, 9.17) is 4.42 Å². The predicted molar refractivity (Wildman–Crippen MR) is 94.1 cm³/mol. The van der Waals surface area contributed by atoms with Crippen LogP contribution in [0, 0.1) is 0 Å². The zero-order valence-corrected chi connectivity index (χ0v) is 13.1. The van der Waals surface area contributed by atoms with Crippen LogP contribution in [-0.4, -0.2) is 10.1 Å². The summed E-state index contributed by atoms with van der Waals surface area (Å²) < 4.78 is 5.85. The third-order valence-corrected chi connectivity index (χ3v) is 4.20. The maximum atomic E-state index is 9.59. The SMILES string of the molecule is Oc1ccc2nc(CC(c3ccccc3)c3ccccc3)oc2c1. The Morgan fingerprint density at radius 3 is 2.08 bits per heavy atom. The van der Waals surface area contributed by atoms with Crippen LogP contribution >= 0.6 is 0 Å². The lowest BCUT2D eigenvalue weighted by atomic mass is 9.88. The molecule has 0 aliphatic carbocycles. The minimum absolute atomic E-state index is 0.175. The van der Waals surface area contributed by atoms with E-state index in [2.05, 4.69) is 53.5 Å². The van der Waals surface area contributed by atoms with E-state index < -0.39 is 0 Å². The van der Waals surface area contributed by atoms with Gasteiger partial charge in [-0.2, -0.15) is 0 Å². The van der Waals surface area contributed by atoms with Gasteiger partial charge in [0.25, 0.3) is 0 Å². The molecule has 3 nitrogen and oxygen atoms in total. The molecule has 1 aromatic heterocycles. The Balaban J connectivity index is 1.73. The molecule has 4 rings (SSSR count). The molecular weight excluding hydrogens is 298 g/mol. The van der Waals surface area contributed by atoms with Crippen LogP contribution in [0.1, 0.15) is 22.9 Å². The van der Waals surface area contributed by atoms with Gasteiger partial charge in [0.1, 0.15) is 11.3 Å². The molecule has 3 aromatic carbocycles. The van der Waals surface area contributed by atoms with Crippen molar-refractivity contribution in [3.05, 3.63) is 95.9 Å². The predicted octanol–water partition coefficient (Wildman–Crippen LogP) is 4.91. The quantitative estimate of drug-likeness (QED) is 0.582. The van der Waals surface area contributed by atoms with Crippen LogP contribution in [0.5, 0.6) is 5.75 Å². The average molecular weight is 315 g/mol. The van der Waals surface area contributed by atoms with Crippen molar-refractivity contribution in [3.8, 4) is 5.75 Å². The topological polar surface area (TPSA) is 46.3 Å². The van der Waals surface area contributed by atoms with Crippen molar-refractivity contribution in [2.45, 2.75) is 12.3 Å². The van der Waals surface area contributed by atoms with Crippen LogP contribution in [0.25, 0.3) is 11.1 Å². The summed E-state index contributed by atoms with van der Waals surface area (Å²) in [5.74, 6) is 1.04. The number of aromatic hydroxyl groups is 1. The van der Waals surface area contributed by atoms with Gasteiger partial charge in [-0.1, -0.05) is 60.7 Å². The van der Waals surface area contributed by atoms with Gasteiger partial charge in [0, 0.05) is 18.4 Å². The fourth-order valence-electron chi connectivity index (χ4n) is 3.02. The lowest BCUT2D eigenvalue weighted by Crippen LogP contribution is -2.05. The van der Waals surface area contributed by atoms with Gasteiger partial charge in [0.15, 0.2) is 11.5 Å². The molecule has 3 heteroatoms. The summed E-state index contributed by atoms with van der Waals surface area (Å²) in [4.78, 5) is 4.57. The summed E-state index contributed by atoms with van der Waals surface area (Å²) in [7, 11) is 0. The molecule has 0 aliphatic rings. The fraction of sp³-hybridized carbons (Fsp3) is 0.0952. The molecule has 118 valence electrons. The van der Waals surface area contributed by atoms with Crippen LogP contribution in [0.15, 0.2) is 83.3 Å². The monoisotopic (exact) mass is 315 g/mol. The molecule has 4 aromatic rings. The van der Waals surface area contributed by atoms with Gasteiger partial charge in [-0.3, -0.25) is 0 Å². The number of hydrogen-bond acceptors (Lipinski definition) is 3. The molecule has 0 radical (unpaired) electrons. The molecular formula is C21H17NO2. The first-order valence-electron chi connectivity index (χ1n) is 7.98. The Morgan fingerprint density at radius 2 is 1.46 bits per heavy atom. The van der Waals surface area contributed by atoms with Crippen LogP contribution in [0.3, 0.4) is 0 Å². The van der Waals surface area contributed by atoms with E-state index in [1.807, 2.05) is 12.1 Å². The highest BCUT2D eigenvalue weighted by molar-refractivity contribution is 5.74. The lowest BCUT2D eigenvalue weighted by Gasteiger charge is -2.16. The van der Waals surface area contributed by atoms with Crippen molar-refractivity contribution < 1.29 is 9.52 Å². The van der Waals surface area contributed by atoms with Gasteiger partial charge < -0.3 is 9.52 Å². The Hall–Kier alpha value is -3.07. The molecule has 1 N–H and O–H groups in total. The second kappa shape index (κ2) is 6.20. The molecule has 0 spiro atoms. The number of rotatable bonds is 4. The van der Waals surface area contributed by atoms with Crippen molar-refractivity contribution >= 4 is 11.1 Å². The van der Waals surface area contributed by atoms with E-state index in [1.165, 1.54) is 11.1 Å². The highest BCUT2D eigenvalue weighted by Gasteiger charge is 2.18. The second-order valence-electron chi connectivity index (χ2n) is 5.84. The molecule has 0 unspecified atom stereocenters. The van der Waals surface area contributed by atoms with Crippen molar-refractivity contribution in [1.29, 1.82) is 0 Å². The van der Waals surface area contributed by atoms with E-state index in [1.54, 1.807) is 18.2 Å². The number of phenols is 1. The fourth-order valence-corrected chi connectivity index (χ4v) is 3.02. The molecule has 1 heterocycles. The van der Waals surface area contributed by atoms with E-state index >= 15 is 0 Å². The first-order valence-corrected chi connectivity index (χ1v) is 7.98. The first kappa shape index (κ1) is 14.5. The smallest absolute Gasteiger partial charge is 0.196 e. The van der Waals surface area contributed by atoms with Gasteiger partial charge >= 0.3 is 0 Å². The van der Waals surface area contributed by atoms with Gasteiger partial charge in [-0.25, -0.2) is 4.98 Å². The third-order valence-electron chi connectivity index (χ3n) is 4.20. The van der Waals surface area contributed by atoms with Crippen molar-refractivity contribution in [2.24, 2.45) is 0 Å². The summed E-state index contributed by atoms with van der Waals surface area (Å²) in [6, 6.07) is 25.8. The average Bonchev–Trinajstić information content (AvgIpc) is 3.03. The maximum absolute atomic E-state index is 9.59. The number of nitrogens with zero attached hydrogens (tertiary/aromatic N) is 1. The van der Waals surface area contributed by atoms with Crippen molar-refractivity contribution in [1.82, 2.24) is 4.98 Å². The minimum Gasteiger partial charge on any atom is -0.508 e. The summed E-state index contributed by atoms with van der Waals surface area (Å²) >= 11 is 0. The Bertz CT molecular complexity index is 906. The number of fused-ring (bicyclic) bond motifs is 1. The molecule has 0 aliphatic heterocycles. The summed E-state index contributed by atoms with van der Waals surface area (Å²) in [5.41, 5.74) is 3.84. The largest absolute Gasteiger partial charge is 0.508 e. The van der Waals surface area contributed by atoms with E-state index in [-0.39, 0.29) is 11.7 Å². The van der Waals surface area contributed by atoms with E-state index in [9.17, 15) is 5.11 Å². The van der Waals surface area contributed by atoms with Gasteiger partial charge in [0.05, 0.1) is 0 Å². The van der Waals surface area contributed by atoms with Crippen LogP contribution in [0.4, 0.5) is 0 Å². The molecule has 0 amide bonds. The Kier molecular flexibility index (Phi) is 3.75. The molecule has 0 fully saturated rings. The Labute approximate surface area is 140 Å². The number of aromatic nitrogens is 1. The summed E-state index contributed by atoms with van der Waals surface area (Å²) in [6.07, 6.45) is 0.670. The molecule has 0 saturated heterocycles. The minimum atomic E-state index is 0.175. The standard InChI is InChI=1S/C21H17NO2/c23-17-11-12-19-20(13-17)24-21(22-19)14-18(15-7-3-1-4-8-15)16-9-5-2-6-10-16/h1-13,18,23H,14H2. The molecule has 0 bridgehead atoms. The lowest BCUT2D eigenvalue weighted by molar-refractivity contribution is 0.472. The third kappa shape index (κ3) is 2.88. The number of hydrogen-bond donors (Lipinski definition) is 1. The van der Waals surface area contributed by atoms with Gasteiger partial charge in [-0.05, 0) is 23.3 Å². The van der Waals surface area contributed by atoms with Gasteiger partial charge in [-0.15, -0.1) is 0 Å². The summed E-state index contributed by atoms with van der Waals surface area (Å²) in [5, 5.41) is 9.59. The maximum Gasteiger partial charge on any atom is 0.196 e. The summed E-state index contributed by atoms with van der Waals surface area (Å²) in [6.45, 7) is 0. The number of oxazole rings is 1.